The second-order valence-electron chi connectivity index (χ2n) is 9.02. The van der Waals surface area contributed by atoms with Gasteiger partial charge in [0.25, 0.3) is 0 Å². The maximum Gasteiger partial charge on any atom is 0.336 e. The van der Waals surface area contributed by atoms with Gasteiger partial charge < -0.3 is 5.11 Å². The molecular formula is C27H31FN2O3. The lowest BCUT2D eigenvalue weighted by atomic mass is 9.89. The molecule has 3 aromatic rings. The van der Waals surface area contributed by atoms with Gasteiger partial charge in [-0.15, -0.1) is 0 Å². The number of carboxylic acids is 1. The number of nitrogens with zero attached hydrogens (tertiary/aromatic N) is 2. The number of carboxylic acid groups (broad SMARTS) is 1. The molecule has 0 saturated heterocycles. The number of benzene rings is 2. The Hall–Kier alpha value is -3.15. The topological polar surface area (TPSA) is 64.2 Å². The number of aromatic carboxylic acids is 1. The van der Waals surface area contributed by atoms with Crippen LogP contribution in [0.25, 0.3) is 11.1 Å². The van der Waals surface area contributed by atoms with E-state index in [4.69, 9.17) is 0 Å². The lowest BCUT2D eigenvalue weighted by Crippen LogP contribution is -2.29. The average Bonchev–Trinajstić information content (AvgIpc) is 3.05. The lowest BCUT2D eigenvalue weighted by Gasteiger charge is -2.21. The Labute approximate surface area is 193 Å². The van der Waals surface area contributed by atoms with Crippen LogP contribution in [0.4, 0.5) is 4.39 Å². The van der Waals surface area contributed by atoms with E-state index >= 15 is 4.39 Å². The minimum Gasteiger partial charge on any atom is -0.478 e. The summed E-state index contributed by atoms with van der Waals surface area (Å²) in [6.07, 6.45) is 6.92. The summed E-state index contributed by atoms with van der Waals surface area (Å²) in [6.45, 7) is 2.74. The van der Waals surface area contributed by atoms with Gasteiger partial charge in [-0.3, -0.25) is 9.13 Å². The fraction of sp³-hybridized carbons (Fsp3) is 0.407. The zero-order valence-corrected chi connectivity index (χ0v) is 19.1. The normalized spacial score (nSPS) is 14.5. The maximum absolute atomic E-state index is 15.3. The molecular weight excluding hydrogens is 419 g/mol. The highest BCUT2D eigenvalue weighted by molar-refractivity contribution is 5.95. The molecule has 0 bridgehead atoms. The van der Waals surface area contributed by atoms with Crippen LogP contribution >= 0.6 is 0 Å². The molecule has 0 unspecified atom stereocenters. The maximum atomic E-state index is 15.3. The van der Waals surface area contributed by atoms with E-state index in [1.807, 2.05) is 37.3 Å². The second kappa shape index (κ2) is 10.2. The van der Waals surface area contributed by atoms with Gasteiger partial charge in [0, 0.05) is 6.54 Å². The molecule has 0 amide bonds. The molecule has 1 fully saturated rings. The third kappa shape index (κ3) is 4.95. The van der Waals surface area contributed by atoms with Crippen molar-refractivity contribution >= 4 is 5.97 Å². The Bertz CT molecular complexity index is 1170. The highest BCUT2D eigenvalue weighted by Gasteiger charge is 2.23. The van der Waals surface area contributed by atoms with Crippen LogP contribution < -0.4 is 5.69 Å². The zero-order chi connectivity index (χ0) is 23.4. The molecule has 33 heavy (non-hydrogen) atoms. The van der Waals surface area contributed by atoms with Gasteiger partial charge >= 0.3 is 11.7 Å². The Morgan fingerprint density at radius 3 is 2.39 bits per heavy atom. The number of aromatic nitrogens is 2. The van der Waals surface area contributed by atoms with Crippen LogP contribution in [0.15, 0.2) is 53.3 Å². The Morgan fingerprint density at radius 1 is 1.03 bits per heavy atom. The highest BCUT2D eigenvalue weighted by Crippen LogP contribution is 2.26. The van der Waals surface area contributed by atoms with Gasteiger partial charge in [0.1, 0.15) is 0 Å². The van der Waals surface area contributed by atoms with E-state index in [2.05, 4.69) is 0 Å². The standard InChI is InChI=1S/C27H31FN2O3/c1-2-8-24-25(28)30(18-19-9-4-3-5-10-19)27(33)29(24)17-20-13-15-21(16-14-20)22-11-6-7-12-23(22)26(31)32/h6-7,11-16,19H,2-5,8-10,17-18H2,1H3,(H,31,32). The summed E-state index contributed by atoms with van der Waals surface area (Å²) in [7, 11) is 0. The van der Waals surface area contributed by atoms with Gasteiger partial charge in [-0.1, -0.05) is 75.1 Å². The zero-order valence-electron chi connectivity index (χ0n) is 19.1. The first-order valence-electron chi connectivity index (χ1n) is 11.9. The van der Waals surface area contributed by atoms with E-state index in [0.717, 1.165) is 43.2 Å². The predicted molar refractivity (Wildman–Crippen MR) is 127 cm³/mol. The molecule has 1 heterocycles. The van der Waals surface area contributed by atoms with E-state index in [9.17, 15) is 14.7 Å². The quantitative estimate of drug-likeness (QED) is 0.476. The molecule has 0 aliphatic heterocycles. The van der Waals surface area contributed by atoms with Crippen molar-refractivity contribution in [1.29, 1.82) is 0 Å². The molecule has 1 aliphatic carbocycles. The van der Waals surface area contributed by atoms with Crippen molar-refractivity contribution in [1.82, 2.24) is 9.13 Å². The van der Waals surface area contributed by atoms with E-state index < -0.39 is 5.97 Å². The monoisotopic (exact) mass is 450 g/mol. The third-order valence-electron chi connectivity index (χ3n) is 6.68. The first-order valence-corrected chi connectivity index (χ1v) is 11.9. The van der Waals surface area contributed by atoms with Crippen LogP contribution in [-0.4, -0.2) is 20.2 Å². The van der Waals surface area contributed by atoms with Crippen LogP contribution in [0.2, 0.25) is 0 Å². The lowest BCUT2D eigenvalue weighted by molar-refractivity contribution is 0.0697. The minimum atomic E-state index is -0.972. The summed E-state index contributed by atoms with van der Waals surface area (Å²) in [5.74, 6) is -0.996. The number of halogens is 1. The molecule has 0 radical (unpaired) electrons. The van der Waals surface area contributed by atoms with Crippen molar-refractivity contribution < 1.29 is 14.3 Å². The fourth-order valence-corrected chi connectivity index (χ4v) is 4.93. The minimum absolute atomic E-state index is 0.244. The summed E-state index contributed by atoms with van der Waals surface area (Å²) >= 11 is 0. The highest BCUT2D eigenvalue weighted by atomic mass is 19.1. The van der Waals surface area contributed by atoms with E-state index in [1.165, 1.54) is 11.0 Å². The van der Waals surface area contributed by atoms with Crippen LogP contribution in [0.5, 0.6) is 0 Å². The molecule has 4 rings (SSSR count). The Kier molecular flexibility index (Phi) is 7.11. The third-order valence-corrected chi connectivity index (χ3v) is 6.68. The number of hydrogen-bond donors (Lipinski definition) is 1. The average molecular weight is 451 g/mol. The van der Waals surface area contributed by atoms with Crippen molar-refractivity contribution in [2.45, 2.75) is 65.0 Å². The van der Waals surface area contributed by atoms with Crippen molar-refractivity contribution in [3.63, 3.8) is 0 Å². The first-order chi connectivity index (χ1) is 16.0. The summed E-state index contributed by atoms with van der Waals surface area (Å²) < 4.78 is 18.2. The van der Waals surface area contributed by atoms with Gasteiger partial charge in [0.05, 0.1) is 17.8 Å². The summed E-state index contributed by atoms with van der Waals surface area (Å²) in [6, 6.07) is 14.4. The molecule has 174 valence electrons. The van der Waals surface area contributed by atoms with E-state index in [-0.39, 0.29) is 17.2 Å². The molecule has 1 aliphatic rings. The molecule has 1 saturated carbocycles. The summed E-state index contributed by atoms with van der Waals surface area (Å²) in [5.41, 5.74) is 2.75. The van der Waals surface area contributed by atoms with Gasteiger partial charge in [-0.25, -0.2) is 9.59 Å². The van der Waals surface area contributed by atoms with Gasteiger partial charge in [0.15, 0.2) is 0 Å². The van der Waals surface area contributed by atoms with Gasteiger partial charge in [0.2, 0.25) is 5.95 Å². The van der Waals surface area contributed by atoms with Crippen LogP contribution in [0.1, 0.15) is 67.1 Å². The Balaban J connectivity index is 1.61. The number of carbonyl (C=O) groups is 1. The van der Waals surface area contributed by atoms with Crippen LogP contribution in [-0.2, 0) is 19.5 Å². The van der Waals surface area contributed by atoms with E-state index in [1.54, 1.807) is 22.8 Å². The van der Waals surface area contributed by atoms with Crippen molar-refractivity contribution in [2.75, 3.05) is 0 Å². The molecule has 1 N–H and O–H groups in total. The summed E-state index contributed by atoms with van der Waals surface area (Å²) in [5, 5.41) is 9.46. The molecule has 6 heteroatoms. The molecule has 0 spiro atoms. The molecule has 0 atom stereocenters. The smallest absolute Gasteiger partial charge is 0.336 e. The van der Waals surface area contributed by atoms with Gasteiger partial charge in [-0.2, -0.15) is 4.39 Å². The first kappa shape index (κ1) is 23.0. The second-order valence-corrected chi connectivity index (χ2v) is 9.02. The van der Waals surface area contributed by atoms with Crippen molar-refractivity contribution in [2.24, 2.45) is 5.92 Å². The SMILES string of the molecule is CCCc1c(F)n(CC2CCCCC2)c(=O)n1Cc1ccc(-c2ccccc2C(=O)O)cc1. The number of rotatable bonds is 8. The molecule has 2 aromatic carbocycles. The summed E-state index contributed by atoms with van der Waals surface area (Å²) in [4.78, 5) is 24.7. The largest absolute Gasteiger partial charge is 0.478 e. The van der Waals surface area contributed by atoms with Crippen LogP contribution in [0, 0.1) is 11.9 Å². The molecule has 5 nitrogen and oxygen atoms in total. The van der Waals surface area contributed by atoms with E-state index in [0.29, 0.717) is 36.7 Å². The molecule has 1 aromatic heterocycles. The van der Waals surface area contributed by atoms with Crippen molar-refractivity contribution in [3.8, 4) is 11.1 Å². The number of hydrogen-bond acceptors (Lipinski definition) is 2. The fourth-order valence-electron chi connectivity index (χ4n) is 4.93. The van der Waals surface area contributed by atoms with Crippen LogP contribution in [0.3, 0.4) is 0 Å². The Morgan fingerprint density at radius 2 is 1.73 bits per heavy atom. The predicted octanol–water partition coefficient (Wildman–Crippen LogP) is 5.74. The van der Waals surface area contributed by atoms with Gasteiger partial charge in [-0.05, 0) is 47.9 Å². The van der Waals surface area contributed by atoms with Crippen molar-refractivity contribution in [3.05, 3.63) is 81.8 Å². The number of imidazole rings is 1.